The molecule has 3 heterocycles. The summed E-state index contributed by atoms with van der Waals surface area (Å²) in [7, 11) is 0. The average Bonchev–Trinajstić information content (AvgIpc) is 3.07. The normalized spacial score (nSPS) is 11.9. The first-order valence-corrected chi connectivity index (χ1v) is 9.10. The zero-order valence-corrected chi connectivity index (χ0v) is 15.8. The van der Waals surface area contributed by atoms with Crippen LogP contribution in [0.5, 0.6) is 0 Å². The van der Waals surface area contributed by atoms with Crippen molar-refractivity contribution in [2.24, 2.45) is 0 Å². The number of fused-ring (bicyclic) bond motifs is 2. The fraction of sp³-hybridized carbons (Fsp3) is 0.150. The van der Waals surface area contributed by atoms with Crippen LogP contribution in [-0.4, -0.2) is 20.3 Å². The molecule has 0 aliphatic heterocycles. The van der Waals surface area contributed by atoms with Crippen molar-refractivity contribution in [2.75, 3.05) is 5.32 Å². The van der Waals surface area contributed by atoms with E-state index in [0.29, 0.717) is 23.3 Å². The first-order chi connectivity index (χ1) is 13.8. The molecule has 5 nitrogen and oxygen atoms in total. The Morgan fingerprint density at radius 1 is 1.24 bits per heavy atom. The number of anilines is 1. The third kappa shape index (κ3) is 3.40. The molecule has 0 saturated heterocycles. The van der Waals surface area contributed by atoms with Crippen molar-refractivity contribution >= 4 is 39.7 Å². The van der Waals surface area contributed by atoms with Crippen LogP contribution in [0.2, 0.25) is 5.02 Å². The molecule has 29 heavy (non-hydrogen) atoms. The molecule has 0 fully saturated rings. The van der Waals surface area contributed by atoms with Gasteiger partial charge in [0.15, 0.2) is 5.65 Å². The van der Waals surface area contributed by atoms with E-state index >= 15 is 0 Å². The van der Waals surface area contributed by atoms with Gasteiger partial charge in [0.05, 0.1) is 27.5 Å². The molecule has 0 aliphatic rings. The van der Waals surface area contributed by atoms with E-state index in [1.165, 1.54) is 0 Å². The van der Waals surface area contributed by atoms with Gasteiger partial charge in [0.25, 0.3) is 5.91 Å². The van der Waals surface area contributed by atoms with Crippen molar-refractivity contribution in [1.82, 2.24) is 14.4 Å². The quantitative estimate of drug-likeness (QED) is 0.486. The highest BCUT2D eigenvalue weighted by Gasteiger charge is 2.33. The number of aryl methyl sites for hydroxylation is 1. The Kier molecular flexibility index (Phi) is 4.66. The molecule has 0 aliphatic carbocycles. The lowest BCUT2D eigenvalue weighted by molar-refractivity contribution is -0.137. The Labute approximate surface area is 168 Å². The standard InChI is InChI=1S/C20H14ClF3N4O/c1-2-14-17(28-10-12(20(22,23)24)9-13(21)18(28)26-14)19(29)27-15-7-3-5-11-6-4-8-25-16(11)15/h3-10H,2H2,1H3,(H,27,29). The van der Waals surface area contributed by atoms with Gasteiger partial charge in [-0.25, -0.2) is 4.98 Å². The summed E-state index contributed by atoms with van der Waals surface area (Å²) in [4.78, 5) is 21.6. The molecule has 3 aromatic heterocycles. The molecule has 4 rings (SSSR count). The maximum Gasteiger partial charge on any atom is 0.417 e. The zero-order chi connectivity index (χ0) is 20.8. The Morgan fingerprint density at radius 2 is 2.00 bits per heavy atom. The van der Waals surface area contributed by atoms with Crippen molar-refractivity contribution in [3.05, 3.63) is 70.8 Å². The lowest BCUT2D eigenvalue weighted by Gasteiger charge is -2.11. The number of imidazole rings is 1. The number of aromatic nitrogens is 3. The SMILES string of the molecule is CCc1nc2c(Cl)cc(C(F)(F)F)cn2c1C(=O)Nc1cccc2cccnc12. The number of rotatable bonds is 3. The monoisotopic (exact) mass is 418 g/mol. The molecule has 0 radical (unpaired) electrons. The van der Waals surface area contributed by atoms with E-state index in [4.69, 9.17) is 11.6 Å². The predicted molar refractivity (Wildman–Crippen MR) is 104 cm³/mol. The van der Waals surface area contributed by atoms with Crippen LogP contribution in [0.25, 0.3) is 16.6 Å². The smallest absolute Gasteiger partial charge is 0.319 e. The fourth-order valence-corrected chi connectivity index (χ4v) is 3.43. The molecule has 1 aromatic carbocycles. The number of nitrogens with one attached hydrogen (secondary N) is 1. The largest absolute Gasteiger partial charge is 0.417 e. The van der Waals surface area contributed by atoms with Crippen molar-refractivity contribution < 1.29 is 18.0 Å². The highest BCUT2D eigenvalue weighted by atomic mass is 35.5. The number of carbonyl (C=O) groups excluding carboxylic acids is 1. The summed E-state index contributed by atoms with van der Waals surface area (Å²) < 4.78 is 40.8. The fourth-order valence-electron chi connectivity index (χ4n) is 3.18. The van der Waals surface area contributed by atoms with Crippen LogP contribution in [0.3, 0.4) is 0 Å². The van der Waals surface area contributed by atoms with Crippen LogP contribution < -0.4 is 5.32 Å². The minimum Gasteiger partial charge on any atom is -0.319 e. The average molecular weight is 419 g/mol. The Bertz CT molecular complexity index is 1240. The third-order valence-electron chi connectivity index (χ3n) is 4.51. The number of amides is 1. The molecular formula is C20H14ClF3N4O. The molecule has 1 N–H and O–H groups in total. The maximum atomic E-state index is 13.2. The van der Waals surface area contributed by atoms with E-state index in [1.54, 1.807) is 31.3 Å². The molecule has 9 heteroatoms. The van der Waals surface area contributed by atoms with Crippen molar-refractivity contribution in [1.29, 1.82) is 0 Å². The third-order valence-corrected chi connectivity index (χ3v) is 4.78. The maximum absolute atomic E-state index is 13.2. The van der Waals surface area contributed by atoms with Crippen LogP contribution in [0, 0.1) is 0 Å². The van der Waals surface area contributed by atoms with Gasteiger partial charge in [-0.2, -0.15) is 13.2 Å². The van der Waals surface area contributed by atoms with Gasteiger partial charge in [-0.15, -0.1) is 0 Å². The van der Waals surface area contributed by atoms with Crippen molar-refractivity contribution in [2.45, 2.75) is 19.5 Å². The summed E-state index contributed by atoms with van der Waals surface area (Å²) in [5.41, 5.74) is 0.501. The van der Waals surface area contributed by atoms with Gasteiger partial charge in [-0.1, -0.05) is 36.7 Å². The van der Waals surface area contributed by atoms with E-state index in [0.717, 1.165) is 22.1 Å². The Morgan fingerprint density at radius 3 is 2.72 bits per heavy atom. The van der Waals surface area contributed by atoms with E-state index < -0.39 is 17.6 Å². The minimum atomic E-state index is -4.61. The summed E-state index contributed by atoms with van der Waals surface area (Å²) >= 11 is 6.03. The summed E-state index contributed by atoms with van der Waals surface area (Å²) in [6.45, 7) is 1.76. The Balaban J connectivity index is 1.85. The molecule has 0 atom stereocenters. The zero-order valence-electron chi connectivity index (χ0n) is 15.1. The van der Waals surface area contributed by atoms with Gasteiger partial charge in [-0.05, 0) is 24.6 Å². The lowest BCUT2D eigenvalue weighted by Crippen LogP contribution is -2.17. The number of hydrogen-bond acceptors (Lipinski definition) is 3. The molecular weight excluding hydrogens is 405 g/mol. The highest BCUT2D eigenvalue weighted by Crippen LogP contribution is 2.33. The van der Waals surface area contributed by atoms with Gasteiger partial charge in [0.1, 0.15) is 5.69 Å². The van der Waals surface area contributed by atoms with Gasteiger partial charge >= 0.3 is 6.18 Å². The Hall–Kier alpha value is -3.13. The molecule has 0 spiro atoms. The molecule has 0 bridgehead atoms. The highest BCUT2D eigenvalue weighted by molar-refractivity contribution is 6.33. The van der Waals surface area contributed by atoms with Crippen LogP contribution >= 0.6 is 11.6 Å². The van der Waals surface area contributed by atoms with E-state index in [9.17, 15) is 18.0 Å². The van der Waals surface area contributed by atoms with Crippen LogP contribution in [0.15, 0.2) is 48.8 Å². The van der Waals surface area contributed by atoms with Crippen molar-refractivity contribution in [3.8, 4) is 0 Å². The second kappa shape index (κ2) is 7.04. The predicted octanol–water partition coefficient (Wildman–Crippen LogP) is 5.37. The van der Waals surface area contributed by atoms with Crippen LogP contribution in [0.4, 0.5) is 18.9 Å². The van der Waals surface area contributed by atoms with Crippen molar-refractivity contribution in [3.63, 3.8) is 0 Å². The first-order valence-electron chi connectivity index (χ1n) is 8.72. The molecule has 1 amide bonds. The van der Waals surface area contributed by atoms with Gasteiger partial charge in [0, 0.05) is 17.8 Å². The van der Waals surface area contributed by atoms with Crippen LogP contribution in [-0.2, 0) is 12.6 Å². The van der Waals surface area contributed by atoms with Gasteiger partial charge in [-0.3, -0.25) is 14.2 Å². The van der Waals surface area contributed by atoms with Gasteiger partial charge < -0.3 is 5.32 Å². The second-order valence-electron chi connectivity index (χ2n) is 6.36. The summed E-state index contributed by atoms with van der Waals surface area (Å²) in [5.74, 6) is -0.595. The topological polar surface area (TPSA) is 59.3 Å². The summed E-state index contributed by atoms with van der Waals surface area (Å²) in [6.07, 6.45) is -1.83. The number of pyridine rings is 2. The molecule has 4 aromatic rings. The molecule has 0 unspecified atom stereocenters. The summed E-state index contributed by atoms with van der Waals surface area (Å²) in [5, 5.41) is 3.39. The summed E-state index contributed by atoms with van der Waals surface area (Å²) in [6, 6.07) is 9.70. The van der Waals surface area contributed by atoms with E-state index in [-0.39, 0.29) is 16.4 Å². The number of para-hydroxylation sites is 1. The van der Waals surface area contributed by atoms with Crippen LogP contribution in [0.1, 0.15) is 28.7 Å². The first kappa shape index (κ1) is 19.2. The number of carbonyl (C=O) groups is 1. The van der Waals surface area contributed by atoms with E-state index in [2.05, 4.69) is 15.3 Å². The number of benzene rings is 1. The lowest BCUT2D eigenvalue weighted by atomic mass is 10.2. The van der Waals surface area contributed by atoms with Gasteiger partial charge in [0.2, 0.25) is 0 Å². The van der Waals surface area contributed by atoms with E-state index in [1.807, 2.05) is 12.1 Å². The molecule has 0 saturated carbocycles. The number of hydrogen-bond donors (Lipinski definition) is 1. The second-order valence-corrected chi connectivity index (χ2v) is 6.77. The number of alkyl halides is 3. The molecule has 148 valence electrons. The minimum absolute atomic E-state index is 0.00318. The number of halogens is 4. The number of nitrogens with zero attached hydrogens (tertiary/aromatic N) is 3.